The molecule has 0 radical (unpaired) electrons. The Morgan fingerprint density at radius 3 is 2.58 bits per heavy atom. The third-order valence-corrected chi connectivity index (χ3v) is 4.24. The quantitative estimate of drug-likeness (QED) is 0.745. The molecule has 1 aromatic carbocycles. The highest BCUT2D eigenvalue weighted by Crippen LogP contribution is 2.18. The maximum Gasteiger partial charge on any atom is 0.240 e. The molecule has 5 nitrogen and oxygen atoms in total. The first-order chi connectivity index (χ1) is 8.90. The molecule has 0 aliphatic carbocycles. The first-order valence-electron chi connectivity index (χ1n) is 6.40. The van der Waals surface area contributed by atoms with E-state index in [1.54, 1.807) is 12.1 Å². The molecule has 0 bridgehead atoms. The van der Waals surface area contributed by atoms with Crippen LogP contribution < -0.4 is 10.5 Å². The lowest BCUT2D eigenvalue weighted by atomic mass is 10.1. The number of nitrogen functional groups attached to an aromatic ring is 1. The Kier molecular flexibility index (Phi) is 5.78. The first-order valence-corrected chi connectivity index (χ1v) is 7.88. The van der Waals surface area contributed by atoms with Crippen molar-refractivity contribution < 1.29 is 13.2 Å². The van der Waals surface area contributed by atoms with E-state index >= 15 is 0 Å². The zero-order valence-corrected chi connectivity index (χ0v) is 12.5. The number of nitrogens with two attached hydrogens (primary N) is 1. The molecule has 1 unspecified atom stereocenters. The van der Waals surface area contributed by atoms with Crippen LogP contribution in [-0.2, 0) is 21.2 Å². The fraction of sp³-hybridized carbons (Fsp3) is 0.538. The van der Waals surface area contributed by atoms with Gasteiger partial charge in [-0.1, -0.05) is 13.0 Å². The minimum atomic E-state index is -3.53. The van der Waals surface area contributed by atoms with E-state index in [1.807, 2.05) is 20.8 Å². The average Bonchev–Trinajstić information content (AvgIpc) is 2.37. The van der Waals surface area contributed by atoms with Gasteiger partial charge in [-0.05, 0) is 38.0 Å². The van der Waals surface area contributed by atoms with E-state index in [0.717, 1.165) is 12.0 Å². The number of benzene rings is 1. The summed E-state index contributed by atoms with van der Waals surface area (Å²) in [5, 5.41) is 0. The number of aryl methyl sites for hydroxylation is 1. The Balaban J connectivity index is 2.80. The van der Waals surface area contributed by atoms with Crippen LogP contribution in [0.5, 0.6) is 0 Å². The van der Waals surface area contributed by atoms with Crippen LogP contribution in [0.25, 0.3) is 0 Å². The predicted molar refractivity (Wildman–Crippen MR) is 76.5 cm³/mol. The van der Waals surface area contributed by atoms with Gasteiger partial charge >= 0.3 is 0 Å². The van der Waals surface area contributed by atoms with Gasteiger partial charge in [0.1, 0.15) is 0 Å². The Labute approximate surface area is 115 Å². The number of anilines is 1. The number of sulfonamides is 1. The van der Waals surface area contributed by atoms with Crippen LogP contribution in [0.4, 0.5) is 5.69 Å². The molecule has 0 saturated carbocycles. The minimum absolute atomic E-state index is 0.160. The summed E-state index contributed by atoms with van der Waals surface area (Å²) in [7, 11) is -3.53. The topological polar surface area (TPSA) is 81.4 Å². The van der Waals surface area contributed by atoms with Gasteiger partial charge in [-0.15, -0.1) is 0 Å². The lowest BCUT2D eigenvalue weighted by Crippen LogP contribution is -2.32. The summed E-state index contributed by atoms with van der Waals surface area (Å²) in [5.74, 6) is 0. The molecule has 0 aliphatic heterocycles. The number of nitrogens with one attached hydrogen (secondary N) is 1. The van der Waals surface area contributed by atoms with Crippen molar-refractivity contribution in [2.45, 2.75) is 38.2 Å². The summed E-state index contributed by atoms with van der Waals surface area (Å²) in [6.07, 6.45) is 0.619. The summed E-state index contributed by atoms with van der Waals surface area (Å²) >= 11 is 0. The van der Waals surface area contributed by atoms with Gasteiger partial charge in [-0.2, -0.15) is 0 Å². The van der Waals surface area contributed by atoms with Crippen LogP contribution in [0, 0.1) is 0 Å². The normalized spacial score (nSPS) is 13.4. The molecule has 108 valence electrons. The Hall–Kier alpha value is -1.11. The molecule has 0 amide bonds. The second-order valence-corrected chi connectivity index (χ2v) is 6.10. The number of rotatable bonds is 7. The van der Waals surface area contributed by atoms with Crippen LogP contribution in [-0.4, -0.2) is 27.7 Å². The van der Waals surface area contributed by atoms with Gasteiger partial charge in [-0.25, -0.2) is 13.1 Å². The molecule has 0 aromatic heterocycles. The Morgan fingerprint density at radius 1 is 1.37 bits per heavy atom. The minimum Gasteiger partial charge on any atom is -0.398 e. The molecule has 0 spiro atoms. The second-order valence-electron chi connectivity index (χ2n) is 4.33. The summed E-state index contributed by atoms with van der Waals surface area (Å²) in [6, 6.07) is 4.81. The van der Waals surface area contributed by atoms with E-state index in [0.29, 0.717) is 12.3 Å². The maximum absolute atomic E-state index is 12.1. The average molecular weight is 286 g/mol. The van der Waals surface area contributed by atoms with Crippen molar-refractivity contribution in [1.82, 2.24) is 4.72 Å². The van der Waals surface area contributed by atoms with E-state index in [4.69, 9.17) is 10.5 Å². The van der Waals surface area contributed by atoms with Gasteiger partial charge in [0.2, 0.25) is 10.0 Å². The molecule has 1 atom stereocenters. The fourth-order valence-electron chi connectivity index (χ4n) is 1.72. The van der Waals surface area contributed by atoms with Gasteiger partial charge in [0.25, 0.3) is 0 Å². The van der Waals surface area contributed by atoms with Crippen LogP contribution in [0.3, 0.4) is 0 Å². The second kappa shape index (κ2) is 6.88. The highest BCUT2D eigenvalue weighted by atomic mass is 32.2. The molecule has 3 N–H and O–H groups in total. The molecule has 1 rings (SSSR count). The molecule has 0 aliphatic rings. The third-order valence-electron chi connectivity index (χ3n) is 2.82. The SMILES string of the molecule is CCOC(C)CNS(=O)(=O)c1ccc(CC)c(N)c1. The number of ether oxygens (including phenoxy) is 1. The van der Waals surface area contributed by atoms with Crippen molar-refractivity contribution >= 4 is 15.7 Å². The number of hydrogen-bond acceptors (Lipinski definition) is 4. The highest BCUT2D eigenvalue weighted by Gasteiger charge is 2.16. The Morgan fingerprint density at radius 2 is 2.05 bits per heavy atom. The van der Waals surface area contributed by atoms with Crippen LogP contribution >= 0.6 is 0 Å². The van der Waals surface area contributed by atoms with Crippen molar-refractivity contribution in [2.75, 3.05) is 18.9 Å². The van der Waals surface area contributed by atoms with Crippen LogP contribution in [0.2, 0.25) is 0 Å². The lowest BCUT2D eigenvalue weighted by molar-refractivity contribution is 0.0799. The van der Waals surface area contributed by atoms with Crippen molar-refractivity contribution in [3.05, 3.63) is 23.8 Å². The molecular weight excluding hydrogens is 264 g/mol. The van der Waals surface area contributed by atoms with Gasteiger partial charge < -0.3 is 10.5 Å². The van der Waals surface area contributed by atoms with Crippen molar-refractivity contribution in [3.63, 3.8) is 0 Å². The standard InChI is InChI=1S/C13H22N2O3S/c1-4-11-6-7-12(8-13(11)14)19(16,17)15-9-10(3)18-5-2/h6-8,10,15H,4-5,9,14H2,1-3H3. The summed E-state index contributed by atoms with van der Waals surface area (Å²) < 4.78 is 31.9. The van der Waals surface area contributed by atoms with E-state index in [2.05, 4.69) is 4.72 Å². The zero-order valence-electron chi connectivity index (χ0n) is 11.6. The molecular formula is C13H22N2O3S. The summed E-state index contributed by atoms with van der Waals surface area (Å²) in [5.41, 5.74) is 7.26. The van der Waals surface area contributed by atoms with Gasteiger partial charge in [0.05, 0.1) is 11.0 Å². The summed E-state index contributed by atoms with van der Waals surface area (Å²) in [6.45, 7) is 6.46. The fourth-order valence-corrected chi connectivity index (χ4v) is 2.87. The molecule has 0 fully saturated rings. The van der Waals surface area contributed by atoms with Crippen molar-refractivity contribution in [2.24, 2.45) is 0 Å². The van der Waals surface area contributed by atoms with Crippen LogP contribution in [0.15, 0.2) is 23.1 Å². The predicted octanol–water partition coefficient (Wildman–Crippen LogP) is 1.53. The highest BCUT2D eigenvalue weighted by molar-refractivity contribution is 7.89. The van der Waals surface area contributed by atoms with E-state index < -0.39 is 10.0 Å². The third kappa shape index (κ3) is 4.49. The van der Waals surface area contributed by atoms with Gasteiger partial charge in [0, 0.05) is 18.8 Å². The van der Waals surface area contributed by atoms with E-state index in [-0.39, 0.29) is 17.5 Å². The molecule has 6 heteroatoms. The van der Waals surface area contributed by atoms with Crippen molar-refractivity contribution in [3.8, 4) is 0 Å². The molecule has 0 saturated heterocycles. The van der Waals surface area contributed by atoms with Crippen LogP contribution in [0.1, 0.15) is 26.3 Å². The van der Waals surface area contributed by atoms with Gasteiger partial charge in [0.15, 0.2) is 0 Å². The largest absolute Gasteiger partial charge is 0.398 e. The maximum atomic E-state index is 12.1. The molecule has 0 heterocycles. The molecule has 19 heavy (non-hydrogen) atoms. The van der Waals surface area contributed by atoms with Crippen molar-refractivity contribution in [1.29, 1.82) is 0 Å². The number of hydrogen-bond donors (Lipinski definition) is 2. The first kappa shape index (κ1) is 15.9. The van der Waals surface area contributed by atoms with E-state index in [1.165, 1.54) is 6.07 Å². The zero-order chi connectivity index (χ0) is 14.5. The smallest absolute Gasteiger partial charge is 0.240 e. The lowest BCUT2D eigenvalue weighted by Gasteiger charge is -2.13. The Bertz CT molecular complexity index is 515. The molecule has 1 aromatic rings. The monoisotopic (exact) mass is 286 g/mol. The van der Waals surface area contributed by atoms with Gasteiger partial charge in [-0.3, -0.25) is 0 Å². The summed E-state index contributed by atoms with van der Waals surface area (Å²) in [4.78, 5) is 0.186. The van der Waals surface area contributed by atoms with E-state index in [9.17, 15) is 8.42 Å².